The highest BCUT2D eigenvalue weighted by molar-refractivity contribution is 5.86. The lowest BCUT2D eigenvalue weighted by Gasteiger charge is -2.11. The van der Waals surface area contributed by atoms with E-state index in [1.54, 1.807) is 13.0 Å². The lowest BCUT2D eigenvalue weighted by atomic mass is 10.0. The first-order valence-electron chi connectivity index (χ1n) is 11.2. The van der Waals surface area contributed by atoms with Crippen LogP contribution in [-0.4, -0.2) is 18.6 Å². The van der Waals surface area contributed by atoms with Gasteiger partial charge in [-0.1, -0.05) is 43.7 Å². The maximum absolute atomic E-state index is 12.3. The molecule has 1 N–H and O–H groups in total. The molecular weight excluding hydrogens is 422 g/mol. The van der Waals surface area contributed by atoms with Crippen LogP contribution in [-0.2, 0) is 22.6 Å². The van der Waals surface area contributed by atoms with Gasteiger partial charge in [0.2, 0.25) is 0 Å². The van der Waals surface area contributed by atoms with E-state index in [4.69, 9.17) is 13.9 Å². The second kappa shape index (κ2) is 11.9. The van der Waals surface area contributed by atoms with E-state index in [0.29, 0.717) is 23.3 Å². The number of aryl methyl sites for hydroxylation is 2. The van der Waals surface area contributed by atoms with Gasteiger partial charge in [-0.05, 0) is 49.4 Å². The van der Waals surface area contributed by atoms with E-state index < -0.39 is 17.7 Å². The highest BCUT2D eigenvalue weighted by atomic mass is 16.5. The summed E-state index contributed by atoms with van der Waals surface area (Å²) in [5, 5.41) is 3.48. The van der Waals surface area contributed by atoms with Crippen molar-refractivity contribution in [2.75, 3.05) is 6.54 Å². The fourth-order valence-electron chi connectivity index (χ4n) is 3.46. The molecule has 0 radical (unpaired) electrons. The average molecular weight is 452 g/mol. The largest absolute Gasteiger partial charge is 0.445 e. The van der Waals surface area contributed by atoms with Gasteiger partial charge in [0.05, 0.1) is 0 Å². The summed E-state index contributed by atoms with van der Waals surface area (Å²) in [5.41, 5.74) is 2.48. The van der Waals surface area contributed by atoms with Crippen LogP contribution in [0.2, 0.25) is 0 Å². The molecule has 1 amide bonds. The average Bonchev–Trinajstić information content (AvgIpc) is 2.81. The van der Waals surface area contributed by atoms with Crippen molar-refractivity contribution < 1.29 is 23.5 Å². The van der Waals surface area contributed by atoms with Gasteiger partial charge in [-0.3, -0.25) is 4.79 Å². The van der Waals surface area contributed by atoms with Gasteiger partial charge in [0.25, 0.3) is 0 Å². The van der Waals surface area contributed by atoms with E-state index >= 15 is 0 Å². The van der Waals surface area contributed by atoms with E-state index in [-0.39, 0.29) is 19.6 Å². The molecule has 0 aliphatic rings. The summed E-state index contributed by atoms with van der Waals surface area (Å²) in [6.45, 7) is 4.34. The van der Waals surface area contributed by atoms with Crippen LogP contribution in [0.15, 0.2) is 57.7 Å². The minimum absolute atomic E-state index is 0.122. The smallest absolute Gasteiger partial charge is 0.407 e. The van der Waals surface area contributed by atoms with Gasteiger partial charge in [-0.2, -0.15) is 0 Å². The molecule has 7 nitrogen and oxygen atoms in total. The van der Waals surface area contributed by atoms with Crippen LogP contribution in [0.1, 0.15) is 49.3 Å². The molecule has 0 saturated carbocycles. The molecular formula is C26H29NO6. The van der Waals surface area contributed by atoms with Gasteiger partial charge in [-0.15, -0.1) is 0 Å². The molecule has 3 rings (SSSR count). The molecule has 1 aromatic heterocycles. The Hall–Kier alpha value is -3.61. The summed E-state index contributed by atoms with van der Waals surface area (Å²) >= 11 is 0. The number of ether oxygens (including phenoxy) is 2. The van der Waals surface area contributed by atoms with E-state index in [1.807, 2.05) is 36.4 Å². The molecule has 0 saturated heterocycles. The van der Waals surface area contributed by atoms with Gasteiger partial charge in [-0.25, -0.2) is 9.59 Å². The van der Waals surface area contributed by atoms with Crippen molar-refractivity contribution in [3.8, 4) is 5.75 Å². The van der Waals surface area contributed by atoms with Crippen LogP contribution >= 0.6 is 0 Å². The zero-order valence-electron chi connectivity index (χ0n) is 19.0. The summed E-state index contributed by atoms with van der Waals surface area (Å²) in [5.74, 6) is -0.0695. The van der Waals surface area contributed by atoms with E-state index in [1.165, 1.54) is 6.07 Å². The fourth-order valence-corrected chi connectivity index (χ4v) is 3.46. The van der Waals surface area contributed by atoms with E-state index in [2.05, 4.69) is 12.2 Å². The number of hydrogen-bond donors (Lipinski definition) is 1. The normalized spacial score (nSPS) is 10.7. The Kier molecular flexibility index (Phi) is 8.63. The van der Waals surface area contributed by atoms with Gasteiger partial charge < -0.3 is 19.2 Å². The van der Waals surface area contributed by atoms with Crippen molar-refractivity contribution >= 4 is 23.0 Å². The quantitative estimate of drug-likeness (QED) is 0.200. The summed E-state index contributed by atoms with van der Waals surface area (Å²) < 4.78 is 16.0. The summed E-state index contributed by atoms with van der Waals surface area (Å²) in [6.07, 6.45) is 2.78. The molecule has 0 aliphatic heterocycles. The molecule has 0 aliphatic carbocycles. The van der Waals surface area contributed by atoms with Gasteiger partial charge in [0, 0.05) is 30.0 Å². The van der Waals surface area contributed by atoms with Crippen LogP contribution < -0.4 is 15.7 Å². The Morgan fingerprint density at radius 3 is 2.61 bits per heavy atom. The highest BCUT2D eigenvalue weighted by Gasteiger charge is 2.14. The van der Waals surface area contributed by atoms with E-state index in [9.17, 15) is 14.4 Å². The molecule has 7 heteroatoms. The Labute approximate surface area is 192 Å². The molecule has 174 valence electrons. The fraction of sp³-hybridized carbons (Fsp3) is 0.346. The maximum atomic E-state index is 12.3. The number of carbonyl (C=O) groups is 2. The molecule has 0 atom stereocenters. The van der Waals surface area contributed by atoms with Crippen LogP contribution in [0.3, 0.4) is 0 Å². The lowest BCUT2D eigenvalue weighted by molar-refractivity contribution is -0.134. The Bertz CT molecular complexity index is 1150. The SMILES string of the molecule is CCCCc1cc(=O)oc2c(C)c(OC(=O)CCCNC(=O)OCc3ccccc3)ccc12. The number of benzene rings is 2. The van der Waals surface area contributed by atoms with Gasteiger partial charge >= 0.3 is 17.7 Å². The molecule has 0 fully saturated rings. The number of esters is 1. The number of alkyl carbamates (subject to hydrolysis) is 1. The third-order valence-electron chi connectivity index (χ3n) is 5.26. The first-order valence-corrected chi connectivity index (χ1v) is 11.2. The van der Waals surface area contributed by atoms with Crippen molar-refractivity contribution in [3.63, 3.8) is 0 Å². The summed E-state index contributed by atoms with van der Waals surface area (Å²) in [6, 6.07) is 14.5. The minimum atomic E-state index is -0.536. The second-order valence-corrected chi connectivity index (χ2v) is 7.83. The zero-order valence-corrected chi connectivity index (χ0v) is 19.0. The third-order valence-corrected chi connectivity index (χ3v) is 5.26. The summed E-state index contributed by atoms with van der Waals surface area (Å²) in [4.78, 5) is 36.0. The van der Waals surface area contributed by atoms with Gasteiger partial charge in [0.15, 0.2) is 0 Å². The topological polar surface area (TPSA) is 94.8 Å². The molecule has 1 heterocycles. The number of nitrogens with one attached hydrogen (secondary N) is 1. The first-order chi connectivity index (χ1) is 16.0. The highest BCUT2D eigenvalue weighted by Crippen LogP contribution is 2.29. The summed E-state index contributed by atoms with van der Waals surface area (Å²) in [7, 11) is 0. The number of fused-ring (bicyclic) bond motifs is 1. The van der Waals surface area contributed by atoms with Crippen LogP contribution in [0.4, 0.5) is 4.79 Å². The first kappa shape index (κ1) is 24.0. The Balaban J connectivity index is 1.49. The Morgan fingerprint density at radius 2 is 1.85 bits per heavy atom. The molecule has 0 spiro atoms. The minimum Gasteiger partial charge on any atom is -0.445 e. The molecule has 3 aromatic rings. The second-order valence-electron chi connectivity index (χ2n) is 7.83. The molecule has 2 aromatic carbocycles. The maximum Gasteiger partial charge on any atom is 0.407 e. The number of rotatable bonds is 10. The third kappa shape index (κ3) is 6.94. The number of amides is 1. The van der Waals surface area contributed by atoms with Crippen LogP contribution in [0.25, 0.3) is 11.0 Å². The molecule has 0 unspecified atom stereocenters. The molecule has 0 bridgehead atoms. The van der Waals surface area contributed by atoms with Crippen molar-refractivity contribution in [2.24, 2.45) is 0 Å². The molecule has 33 heavy (non-hydrogen) atoms. The van der Waals surface area contributed by atoms with Gasteiger partial charge in [0.1, 0.15) is 17.9 Å². The van der Waals surface area contributed by atoms with Crippen molar-refractivity contribution in [3.05, 3.63) is 75.6 Å². The standard InChI is InChI=1S/C26H29NO6/c1-3-4-11-20-16-24(29)33-25-18(2)22(14-13-21(20)25)32-23(28)12-8-15-27-26(30)31-17-19-9-6-5-7-10-19/h5-7,9-10,13-14,16H,3-4,8,11-12,15,17H2,1-2H3,(H,27,30). The van der Waals surface area contributed by atoms with Crippen molar-refractivity contribution in [1.29, 1.82) is 0 Å². The lowest BCUT2D eigenvalue weighted by Crippen LogP contribution is -2.26. The number of carbonyl (C=O) groups excluding carboxylic acids is 2. The van der Waals surface area contributed by atoms with Crippen molar-refractivity contribution in [2.45, 2.75) is 52.6 Å². The predicted octanol–water partition coefficient (Wildman–Crippen LogP) is 5.06. The Morgan fingerprint density at radius 1 is 1.06 bits per heavy atom. The van der Waals surface area contributed by atoms with Crippen LogP contribution in [0, 0.1) is 6.92 Å². The van der Waals surface area contributed by atoms with E-state index in [0.717, 1.165) is 35.8 Å². The predicted molar refractivity (Wildman–Crippen MR) is 125 cm³/mol. The number of hydrogen-bond acceptors (Lipinski definition) is 6. The van der Waals surface area contributed by atoms with Crippen molar-refractivity contribution in [1.82, 2.24) is 5.32 Å². The number of unbranched alkanes of at least 4 members (excludes halogenated alkanes) is 1. The van der Waals surface area contributed by atoms with Crippen LogP contribution in [0.5, 0.6) is 5.75 Å². The monoisotopic (exact) mass is 451 g/mol. The zero-order chi connectivity index (χ0) is 23.6.